The first-order valence-electron chi connectivity index (χ1n) is 8.82. The lowest BCUT2D eigenvalue weighted by molar-refractivity contribution is 0.00527. The van der Waals surface area contributed by atoms with Crippen molar-refractivity contribution in [2.75, 3.05) is 20.3 Å². The second kappa shape index (κ2) is 7.77. The standard InChI is InChI=1S/C19H25ClN2O3/c1-25-11-7-14-12-15(17-16(20)6-5-10-22(14)17)18(23)21-13-19(24)8-3-2-4-9-19/h5-6,10,12,24H,2-4,7-9,11,13H2,1H3,(H,21,23). The van der Waals surface area contributed by atoms with E-state index < -0.39 is 5.60 Å². The summed E-state index contributed by atoms with van der Waals surface area (Å²) < 4.78 is 7.09. The molecule has 1 aliphatic carbocycles. The third-order valence-electron chi connectivity index (χ3n) is 4.99. The second-order valence-corrected chi connectivity index (χ2v) is 7.24. The first-order valence-corrected chi connectivity index (χ1v) is 9.20. The summed E-state index contributed by atoms with van der Waals surface area (Å²) in [6.45, 7) is 0.848. The lowest BCUT2D eigenvalue weighted by Crippen LogP contribution is -2.44. The number of carbonyl (C=O) groups is 1. The number of hydrogen-bond acceptors (Lipinski definition) is 3. The molecule has 0 aliphatic heterocycles. The highest BCUT2D eigenvalue weighted by molar-refractivity contribution is 6.34. The van der Waals surface area contributed by atoms with Gasteiger partial charge in [-0.05, 0) is 31.0 Å². The first kappa shape index (κ1) is 18.2. The van der Waals surface area contributed by atoms with Crippen molar-refractivity contribution in [1.82, 2.24) is 9.72 Å². The molecule has 0 saturated heterocycles. The summed E-state index contributed by atoms with van der Waals surface area (Å²) in [5.74, 6) is -0.201. The number of pyridine rings is 1. The van der Waals surface area contributed by atoms with Gasteiger partial charge in [0.1, 0.15) is 0 Å². The molecule has 0 radical (unpaired) electrons. The van der Waals surface area contributed by atoms with E-state index in [-0.39, 0.29) is 12.5 Å². The predicted molar refractivity (Wildman–Crippen MR) is 98.4 cm³/mol. The van der Waals surface area contributed by atoms with Crippen molar-refractivity contribution < 1.29 is 14.6 Å². The van der Waals surface area contributed by atoms with Crippen molar-refractivity contribution in [2.24, 2.45) is 0 Å². The number of carbonyl (C=O) groups excluding carboxylic acids is 1. The van der Waals surface area contributed by atoms with E-state index in [4.69, 9.17) is 16.3 Å². The normalized spacial score (nSPS) is 16.9. The Morgan fingerprint density at radius 2 is 2.16 bits per heavy atom. The molecular formula is C19H25ClN2O3. The SMILES string of the molecule is COCCc1cc(C(=O)NCC2(O)CCCCC2)c2c(Cl)cccn12. The molecule has 0 atom stereocenters. The molecule has 0 spiro atoms. The third kappa shape index (κ3) is 4.00. The maximum atomic E-state index is 12.8. The molecule has 1 saturated carbocycles. The number of rotatable bonds is 6. The average molecular weight is 365 g/mol. The quantitative estimate of drug-likeness (QED) is 0.827. The Hall–Kier alpha value is -1.56. The van der Waals surface area contributed by atoms with E-state index >= 15 is 0 Å². The number of ether oxygens (including phenoxy) is 1. The van der Waals surface area contributed by atoms with Crippen LogP contribution in [-0.2, 0) is 11.2 Å². The van der Waals surface area contributed by atoms with Crippen molar-refractivity contribution in [1.29, 1.82) is 0 Å². The van der Waals surface area contributed by atoms with Gasteiger partial charge in [0, 0.05) is 32.0 Å². The number of hydrogen-bond donors (Lipinski definition) is 2. The number of halogens is 1. The Morgan fingerprint density at radius 3 is 2.88 bits per heavy atom. The smallest absolute Gasteiger partial charge is 0.253 e. The minimum absolute atomic E-state index is 0.201. The summed E-state index contributed by atoms with van der Waals surface area (Å²) in [6.07, 6.45) is 7.24. The summed E-state index contributed by atoms with van der Waals surface area (Å²) >= 11 is 6.35. The number of nitrogens with zero attached hydrogens (tertiary/aromatic N) is 1. The van der Waals surface area contributed by atoms with Crippen LogP contribution in [0.2, 0.25) is 5.02 Å². The monoisotopic (exact) mass is 364 g/mol. The van der Waals surface area contributed by atoms with Gasteiger partial charge in [-0.25, -0.2) is 0 Å². The van der Waals surface area contributed by atoms with Gasteiger partial charge < -0.3 is 19.6 Å². The zero-order valence-electron chi connectivity index (χ0n) is 14.6. The maximum Gasteiger partial charge on any atom is 0.253 e. The van der Waals surface area contributed by atoms with Gasteiger partial charge in [0.05, 0.1) is 28.3 Å². The highest BCUT2D eigenvalue weighted by atomic mass is 35.5. The van der Waals surface area contributed by atoms with Crippen molar-refractivity contribution in [3.05, 3.63) is 40.7 Å². The molecule has 2 N–H and O–H groups in total. The minimum atomic E-state index is -0.786. The molecule has 3 rings (SSSR count). The van der Waals surface area contributed by atoms with Crippen molar-refractivity contribution in [2.45, 2.75) is 44.1 Å². The second-order valence-electron chi connectivity index (χ2n) is 6.83. The van der Waals surface area contributed by atoms with Gasteiger partial charge in [0.15, 0.2) is 0 Å². The molecule has 0 bridgehead atoms. The third-order valence-corrected chi connectivity index (χ3v) is 5.29. The molecule has 2 aromatic rings. The van der Waals surface area contributed by atoms with Crippen molar-refractivity contribution in [3.63, 3.8) is 0 Å². The summed E-state index contributed by atoms with van der Waals surface area (Å²) in [4.78, 5) is 12.8. The molecule has 2 aromatic heterocycles. The van der Waals surface area contributed by atoms with Gasteiger partial charge in [-0.3, -0.25) is 4.79 Å². The highest BCUT2D eigenvalue weighted by Crippen LogP contribution is 2.28. The number of fused-ring (bicyclic) bond motifs is 1. The van der Waals surface area contributed by atoms with Crippen LogP contribution < -0.4 is 5.32 Å². The van der Waals surface area contributed by atoms with Gasteiger partial charge >= 0.3 is 0 Å². The zero-order chi connectivity index (χ0) is 17.9. The lowest BCUT2D eigenvalue weighted by atomic mass is 9.85. The minimum Gasteiger partial charge on any atom is -0.388 e. The van der Waals surface area contributed by atoms with Crippen LogP contribution in [0.3, 0.4) is 0 Å². The van der Waals surface area contributed by atoms with E-state index in [9.17, 15) is 9.90 Å². The fourth-order valence-corrected chi connectivity index (χ4v) is 3.85. The van der Waals surface area contributed by atoms with E-state index in [0.29, 0.717) is 29.1 Å². The van der Waals surface area contributed by atoms with Crippen LogP contribution in [0.1, 0.15) is 48.2 Å². The van der Waals surface area contributed by atoms with Gasteiger partial charge in [-0.2, -0.15) is 0 Å². The molecular weight excluding hydrogens is 340 g/mol. The molecule has 136 valence electrons. The largest absolute Gasteiger partial charge is 0.388 e. The van der Waals surface area contributed by atoms with E-state index in [0.717, 1.165) is 37.8 Å². The fourth-order valence-electron chi connectivity index (χ4n) is 3.58. The molecule has 1 fully saturated rings. The van der Waals surface area contributed by atoms with Gasteiger partial charge in [0.2, 0.25) is 0 Å². The van der Waals surface area contributed by atoms with Crippen LogP contribution in [-0.4, -0.2) is 41.3 Å². The van der Waals surface area contributed by atoms with Gasteiger partial charge in [0.25, 0.3) is 5.91 Å². The number of aromatic nitrogens is 1. The highest BCUT2D eigenvalue weighted by Gasteiger charge is 2.30. The summed E-state index contributed by atoms with van der Waals surface area (Å²) in [6, 6.07) is 5.50. The van der Waals surface area contributed by atoms with Crippen LogP contribution in [0.4, 0.5) is 0 Å². The molecule has 1 aliphatic rings. The van der Waals surface area contributed by atoms with E-state index in [1.807, 2.05) is 22.7 Å². The molecule has 0 unspecified atom stereocenters. The van der Waals surface area contributed by atoms with E-state index in [1.165, 1.54) is 0 Å². The maximum absolute atomic E-state index is 12.8. The molecule has 25 heavy (non-hydrogen) atoms. The summed E-state index contributed by atoms with van der Waals surface area (Å²) in [7, 11) is 1.65. The van der Waals surface area contributed by atoms with E-state index in [2.05, 4.69) is 5.32 Å². The zero-order valence-corrected chi connectivity index (χ0v) is 15.3. The molecule has 5 nitrogen and oxygen atoms in total. The lowest BCUT2D eigenvalue weighted by Gasteiger charge is -2.32. The predicted octanol–water partition coefficient (Wildman–Crippen LogP) is 3.21. The number of aliphatic hydroxyl groups is 1. The first-order chi connectivity index (χ1) is 12.0. The Kier molecular flexibility index (Phi) is 5.67. The Bertz CT molecular complexity index is 750. The van der Waals surface area contributed by atoms with Crippen LogP contribution >= 0.6 is 11.6 Å². The van der Waals surface area contributed by atoms with Crippen LogP contribution in [0, 0.1) is 0 Å². The number of amides is 1. The molecule has 1 amide bonds. The van der Waals surface area contributed by atoms with E-state index in [1.54, 1.807) is 13.2 Å². The number of methoxy groups -OCH3 is 1. The summed E-state index contributed by atoms with van der Waals surface area (Å²) in [5.41, 5.74) is 1.42. The molecule has 0 aromatic carbocycles. The Labute approximate surface area is 152 Å². The van der Waals surface area contributed by atoms with Crippen molar-refractivity contribution in [3.8, 4) is 0 Å². The average Bonchev–Trinajstić information content (AvgIpc) is 2.99. The molecule has 2 heterocycles. The Balaban J connectivity index is 1.83. The fraction of sp³-hybridized carbons (Fsp3) is 0.526. The van der Waals surface area contributed by atoms with Crippen LogP contribution in [0.15, 0.2) is 24.4 Å². The number of nitrogens with one attached hydrogen (secondary N) is 1. The summed E-state index contributed by atoms with van der Waals surface area (Å²) in [5, 5.41) is 14.0. The van der Waals surface area contributed by atoms with Gasteiger partial charge in [-0.1, -0.05) is 30.9 Å². The topological polar surface area (TPSA) is 63.0 Å². The molecule has 6 heteroatoms. The van der Waals surface area contributed by atoms with Crippen molar-refractivity contribution >= 4 is 23.0 Å². The Morgan fingerprint density at radius 1 is 1.40 bits per heavy atom. The van der Waals surface area contributed by atoms with Crippen LogP contribution in [0.5, 0.6) is 0 Å². The van der Waals surface area contributed by atoms with Gasteiger partial charge in [-0.15, -0.1) is 0 Å². The van der Waals surface area contributed by atoms with Crippen LogP contribution in [0.25, 0.3) is 5.52 Å².